The minimum atomic E-state index is -0.944. The fourth-order valence-electron chi connectivity index (χ4n) is 3.97. The van der Waals surface area contributed by atoms with Gasteiger partial charge in [-0.05, 0) is 37.3 Å². The molecule has 26 heavy (non-hydrogen) atoms. The number of hydrogen-bond acceptors (Lipinski definition) is 3. The summed E-state index contributed by atoms with van der Waals surface area (Å²) in [5, 5.41) is 23.7. The van der Waals surface area contributed by atoms with Gasteiger partial charge < -0.3 is 14.9 Å². The summed E-state index contributed by atoms with van der Waals surface area (Å²) in [5.74, 6) is -0.944. The van der Waals surface area contributed by atoms with Crippen molar-refractivity contribution < 1.29 is 15.1 Å². The van der Waals surface area contributed by atoms with E-state index in [2.05, 4.69) is 9.72 Å². The highest BCUT2D eigenvalue weighted by Crippen LogP contribution is 2.34. The number of nitrogens with zero attached hydrogens (tertiary/aromatic N) is 2. The Morgan fingerprint density at radius 3 is 2.54 bits per heavy atom. The van der Waals surface area contributed by atoms with Gasteiger partial charge in [0.25, 0.3) is 0 Å². The van der Waals surface area contributed by atoms with Crippen LogP contribution in [0.5, 0.6) is 0 Å². The Morgan fingerprint density at radius 1 is 1.04 bits per heavy atom. The third-order valence-electron chi connectivity index (χ3n) is 5.09. The van der Waals surface area contributed by atoms with Crippen molar-refractivity contribution in [3.63, 3.8) is 0 Å². The first-order valence-corrected chi connectivity index (χ1v) is 8.83. The monoisotopic (exact) mass is 348 g/mol. The van der Waals surface area contributed by atoms with Gasteiger partial charge >= 0.3 is 5.97 Å². The van der Waals surface area contributed by atoms with E-state index in [1.807, 2.05) is 36.4 Å². The Kier molecular flexibility index (Phi) is 4.21. The average Bonchev–Trinajstić information content (AvgIpc) is 2.82. The maximum atomic E-state index is 11.9. The first-order chi connectivity index (χ1) is 12.7. The largest absolute Gasteiger partial charge is 0.478 e. The Balaban J connectivity index is 2.05. The highest BCUT2D eigenvalue weighted by atomic mass is 16.4. The zero-order valence-electron chi connectivity index (χ0n) is 14.4. The van der Waals surface area contributed by atoms with Crippen LogP contribution < -0.4 is 0 Å². The van der Waals surface area contributed by atoms with Gasteiger partial charge in [-0.15, -0.1) is 0 Å². The van der Waals surface area contributed by atoms with E-state index in [0.717, 1.165) is 41.5 Å². The van der Waals surface area contributed by atoms with Crippen molar-refractivity contribution in [2.45, 2.75) is 32.2 Å². The van der Waals surface area contributed by atoms with Crippen molar-refractivity contribution in [2.24, 2.45) is 5.16 Å². The number of benzene rings is 2. The second-order valence-corrected chi connectivity index (χ2v) is 6.65. The highest BCUT2D eigenvalue weighted by Gasteiger charge is 2.26. The van der Waals surface area contributed by atoms with Crippen LogP contribution in [-0.2, 0) is 13.0 Å². The van der Waals surface area contributed by atoms with Crippen LogP contribution in [0.1, 0.15) is 46.4 Å². The number of aromatic carboxylic acids is 1. The highest BCUT2D eigenvalue weighted by molar-refractivity contribution is 6.15. The third kappa shape index (κ3) is 2.65. The number of carboxylic acids is 1. The summed E-state index contributed by atoms with van der Waals surface area (Å²) in [6.07, 6.45) is 3.49. The first-order valence-electron chi connectivity index (χ1n) is 8.83. The van der Waals surface area contributed by atoms with E-state index in [9.17, 15) is 15.1 Å². The van der Waals surface area contributed by atoms with Crippen molar-refractivity contribution in [1.82, 2.24) is 4.57 Å². The van der Waals surface area contributed by atoms with Gasteiger partial charge in [0.05, 0.1) is 16.8 Å². The predicted octanol–water partition coefficient (Wildman–Crippen LogP) is 4.29. The molecule has 4 rings (SSSR count). The number of carboxylic acid groups (broad SMARTS) is 1. The van der Waals surface area contributed by atoms with Gasteiger partial charge in [0.15, 0.2) is 0 Å². The molecule has 0 spiro atoms. The smallest absolute Gasteiger partial charge is 0.337 e. The zero-order valence-corrected chi connectivity index (χ0v) is 14.4. The lowest BCUT2D eigenvalue weighted by molar-refractivity contribution is 0.0698. The average molecular weight is 348 g/mol. The minimum absolute atomic E-state index is 0.281. The fourth-order valence-corrected chi connectivity index (χ4v) is 3.97. The van der Waals surface area contributed by atoms with E-state index < -0.39 is 5.97 Å². The van der Waals surface area contributed by atoms with E-state index in [1.54, 1.807) is 12.1 Å². The van der Waals surface area contributed by atoms with Crippen LogP contribution in [0.3, 0.4) is 0 Å². The van der Waals surface area contributed by atoms with Gasteiger partial charge in [-0.3, -0.25) is 0 Å². The quantitative estimate of drug-likeness (QED) is 0.421. The van der Waals surface area contributed by atoms with Crippen LogP contribution in [0.4, 0.5) is 0 Å². The summed E-state index contributed by atoms with van der Waals surface area (Å²) in [6.45, 7) is 0.593. The second-order valence-electron chi connectivity index (χ2n) is 6.65. The van der Waals surface area contributed by atoms with Crippen molar-refractivity contribution in [3.05, 3.63) is 70.9 Å². The molecule has 1 heterocycles. The number of para-hydroxylation sites is 1. The van der Waals surface area contributed by atoms with Gasteiger partial charge in [-0.2, -0.15) is 0 Å². The Bertz CT molecular complexity index is 1000. The van der Waals surface area contributed by atoms with Crippen LogP contribution in [0.15, 0.2) is 53.7 Å². The topological polar surface area (TPSA) is 74.8 Å². The molecule has 0 saturated heterocycles. The first kappa shape index (κ1) is 16.4. The molecule has 1 aliphatic rings. The molecule has 0 amide bonds. The molecule has 132 valence electrons. The van der Waals surface area contributed by atoms with Crippen molar-refractivity contribution in [3.8, 4) is 0 Å². The minimum Gasteiger partial charge on any atom is -0.478 e. The van der Waals surface area contributed by atoms with E-state index in [1.165, 1.54) is 0 Å². The number of fused-ring (bicyclic) bond motifs is 3. The van der Waals surface area contributed by atoms with Crippen LogP contribution in [-0.4, -0.2) is 26.6 Å². The van der Waals surface area contributed by atoms with E-state index in [4.69, 9.17) is 0 Å². The number of carbonyl (C=O) groups is 1. The summed E-state index contributed by atoms with van der Waals surface area (Å²) < 4.78 is 2.10. The van der Waals surface area contributed by atoms with Crippen LogP contribution in [0.25, 0.3) is 10.9 Å². The lowest BCUT2D eigenvalue weighted by Gasteiger charge is -2.12. The molecule has 0 radical (unpaired) electrons. The van der Waals surface area contributed by atoms with Gasteiger partial charge in [-0.25, -0.2) is 4.79 Å². The summed E-state index contributed by atoms with van der Waals surface area (Å²) in [4.78, 5) is 11.9. The fraction of sp³-hybridized carbons (Fsp3) is 0.238. The van der Waals surface area contributed by atoms with Crippen LogP contribution >= 0.6 is 0 Å². The molecule has 2 aromatic carbocycles. The number of oxime groups is 1. The molecule has 0 aliphatic heterocycles. The molecule has 0 fully saturated rings. The van der Waals surface area contributed by atoms with Crippen molar-refractivity contribution in [1.29, 1.82) is 0 Å². The molecule has 1 aliphatic carbocycles. The van der Waals surface area contributed by atoms with E-state index in [0.29, 0.717) is 24.2 Å². The van der Waals surface area contributed by atoms with Crippen molar-refractivity contribution >= 4 is 22.6 Å². The Morgan fingerprint density at radius 2 is 1.81 bits per heavy atom. The zero-order chi connectivity index (χ0) is 18.1. The maximum Gasteiger partial charge on any atom is 0.337 e. The Hall–Kier alpha value is -3.08. The molecule has 0 bridgehead atoms. The molecule has 5 nitrogen and oxygen atoms in total. The van der Waals surface area contributed by atoms with Crippen LogP contribution in [0.2, 0.25) is 0 Å². The summed E-state index contributed by atoms with van der Waals surface area (Å²) in [5.41, 5.74) is 4.71. The molecule has 2 N–H and O–H groups in total. The standard InChI is InChI=1S/C21H20N2O3/c24-21(25)16-10-6-9-15-19-17(22-26)11-4-5-12-18(19)23(20(15)16)13-14-7-2-1-3-8-14/h1-3,6-10,26H,4-5,11-13H2,(H,24,25)/b22-17+. The molecule has 1 aromatic heterocycles. The maximum absolute atomic E-state index is 11.9. The van der Waals surface area contributed by atoms with Gasteiger partial charge in [-0.1, -0.05) is 47.6 Å². The predicted molar refractivity (Wildman–Crippen MR) is 100 cm³/mol. The molecule has 5 heteroatoms. The summed E-state index contributed by atoms with van der Waals surface area (Å²) >= 11 is 0. The Labute approximate surface area is 151 Å². The molecule has 0 unspecified atom stereocenters. The van der Waals surface area contributed by atoms with E-state index in [-0.39, 0.29) is 5.56 Å². The molecule has 0 atom stereocenters. The number of aromatic nitrogens is 1. The molecular formula is C21H20N2O3. The van der Waals surface area contributed by atoms with Crippen LogP contribution in [0, 0.1) is 0 Å². The lowest BCUT2D eigenvalue weighted by Crippen LogP contribution is -2.08. The molecule has 3 aromatic rings. The third-order valence-corrected chi connectivity index (χ3v) is 5.09. The van der Waals surface area contributed by atoms with Gasteiger partial charge in [0.2, 0.25) is 0 Å². The van der Waals surface area contributed by atoms with Gasteiger partial charge in [0.1, 0.15) is 0 Å². The summed E-state index contributed by atoms with van der Waals surface area (Å²) in [6, 6.07) is 15.4. The number of hydrogen-bond donors (Lipinski definition) is 2. The molecule has 0 saturated carbocycles. The van der Waals surface area contributed by atoms with Crippen molar-refractivity contribution in [2.75, 3.05) is 0 Å². The lowest BCUT2D eigenvalue weighted by atomic mass is 10.0. The normalized spacial score (nSPS) is 15.8. The number of rotatable bonds is 3. The molecular weight excluding hydrogens is 328 g/mol. The second kappa shape index (κ2) is 6.67. The van der Waals surface area contributed by atoms with Gasteiger partial charge in [0, 0.05) is 23.2 Å². The SMILES string of the molecule is O=C(O)c1cccc2c3c(n(Cc4ccccc4)c12)CCCC/C3=N\O. The van der Waals surface area contributed by atoms with E-state index >= 15 is 0 Å². The summed E-state index contributed by atoms with van der Waals surface area (Å²) in [7, 11) is 0.